The highest BCUT2D eigenvalue weighted by Crippen LogP contribution is 2.33. The molecule has 1 aromatic rings. The van der Waals surface area contributed by atoms with Crippen LogP contribution in [0, 0.1) is 23.5 Å². The smallest absolute Gasteiger partial charge is 0.162 e. The first-order valence-corrected chi connectivity index (χ1v) is 7.09. The molecule has 0 aliphatic heterocycles. The van der Waals surface area contributed by atoms with Gasteiger partial charge in [-0.1, -0.05) is 38.3 Å². The van der Waals surface area contributed by atoms with Crippen LogP contribution in [0.1, 0.15) is 44.6 Å². The Morgan fingerprint density at radius 1 is 1.26 bits per heavy atom. The van der Waals surface area contributed by atoms with E-state index in [1.54, 1.807) is 0 Å². The van der Waals surface area contributed by atoms with Crippen molar-refractivity contribution in [3.8, 4) is 0 Å². The minimum Gasteiger partial charge on any atom is -0.299 e. The first kappa shape index (κ1) is 14.2. The molecule has 1 nitrogen and oxygen atoms in total. The summed E-state index contributed by atoms with van der Waals surface area (Å²) in [6.07, 6.45) is 5.23. The Labute approximate surface area is 113 Å². The van der Waals surface area contributed by atoms with Gasteiger partial charge in [0.05, 0.1) is 0 Å². The van der Waals surface area contributed by atoms with Gasteiger partial charge in [0.1, 0.15) is 5.78 Å². The van der Waals surface area contributed by atoms with Crippen LogP contribution in [-0.4, -0.2) is 5.78 Å². The summed E-state index contributed by atoms with van der Waals surface area (Å²) < 4.78 is 26.7. The second-order valence-corrected chi connectivity index (χ2v) is 5.42. The molecule has 1 aliphatic carbocycles. The maximum atomic E-state index is 13.6. The van der Waals surface area contributed by atoms with Gasteiger partial charge in [-0.25, -0.2) is 8.78 Å². The molecule has 1 aromatic carbocycles. The van der Waals surface area contributed by atoms with Crippen LogP contribution in [0.2, 0.25) is 0 Å². The van der Waals surface area contributed by atoms with Crippen LogP contribution in [0.15, 0.2) is 18.2 Å². The van der Waals surface area contributed by atoms with E-state index >= 15 is 0 Å². The Balaban J connectivity index is 2.09. The quantitative estimate of drug-likeness (QED) is 0.794. The summed E-state index contributed by atoms with van der Waals surface area (Å²) in [7, 11) is 0. The van der Waals surface area contributed by atoms with Gasteiger partial charge in [0.25, 0.3) is 0 Å². The summed E-state index contributed by atoms with van der Waals surface area (Å²) in [5.41, 5.74) is 0.186. The molecule has 2 rings (SSSR count). The van der Waals surface area contributed by atoms with Gasteiger partial charge < -0.3 is 0 Å². The molecule has 0 bridgehead atoms. The maximum Gasteiger partial charge on any atom is 0.162 e. The predicted octanol–water partition coefficient (Wildman–Crippen LogP) is 4.29. The Morgan fingerprint density at radius 3 is 2.74 bits per heavy atom. The van der Waals surface area contributed by atoms with Crippen molar-refractivity contribution < 1.29 is 13.6 Å². The van der Waals surface area contributed by atoms with E-state index in [9.17, 15) is 13.6 Å². The molecule has 2 atom stereocenters. The Hall–Kier alpha value is -1.25. The molecule has 1 aliphatic rings. The number of rotatable bonds is 4. The predicted molar refractivity (Wildman–Crippen MR) is 70.8 cm³/mol. The molecule has 0 aromatic heterocycles. The largest absolute Gasteiger partial charge is 0.299 e. The molecule has 104 valence electrons. The summed E-state index contributed by atoms with van der Waals surface area (Å²) in [5.74, 6) is -1.24. The lowest BCUT2D eigenvalue weighted by atomic mass is 9.74. The average Bonchev–Trinajstić information content (AvgIpc) is 2.43. The monoisotopic (exact) mass is 266 g/mol. The number of halogens is 2. The van der Waals surface area contributed by atoms with Crippen LogP contribution in [0.4, 0.5) is 8.78 Å². The summed E-state index contributed by atoms with van der Waals surface area (Å²) in [5, 5.41) is 0. The number of Topliss-reactive ketones (excluding diaryl/α,β-unsaturated/α-hetero) is 1. The first-order valence-electron chi connectivity index (χ1n) is 7.09. The maximum absolute atomic E-state index is 13.6. The zero-order valence-corrected chi connectivity index (χ0v) is 11.3. The lowest BCUT2D eigenvalue weighted by Crippen LogP contribution is -2.28. The summed E-state index contributed by atoms with van der Waals surface area (Å²) in [6, 6.07) is 4.04. The van der Waals surface area contributed by atoms with Crippen molar-refractivity contribution in [3.05, 3.63) is 35.4 Å². The fraction of sp³-hybridized carbons (Fsp3) is 0.562. The molecule has 0 N–H and O–H groups in total. The molecule has 0 saturated heterocycles. The Morgan fingerprint density at radius 2 is 2.00 bits per heavy atom. The van der Waals surface area contributed by atoms with E-state index in [0.717, 1.165) is 31.7 Å². The van der Waals surface area contributed by atoms with Gasteiger partial charge in [0, 0.05) is 12.3 Å². The second kappa shape index (κ2) is 6.27. The van der Waals surface area contributed by atoms with Crippen LogP contribution in [-0.2, 0) is 11.2 Å². The van der Waals surface area contributed by atoms with E-state index in [0.29, 0.717) is 5.92 Å². The number of hydrogen-bond acceptors (Lipinski definition) is 1. The fourth-order valence-electron chi connectivity index (χ4n) is 3.12. The molecule has 0 radical (unpaired) electrons. The van der Waals surface area contributed by atoms with E-state index in [4.69, 9.17) is 0 Å². The Kier molecular flexibility index (Phi) is 4.67. The van der Waals surface area contributed by atoms with E-state index in [2.05, 4.69) is 6.92 Å². The third-order valence-electron chi connectivity index (χ3n) is 4.24. The number of hydrogen-bond donors (Lipinski definition) is 0. The SMILES string of the molecule is CCC1CCCCC1C(=O)Cc1cccc(F)c1F. The highest BCUT2D eigenvalue weighted by atomic mass is 19.2. The molecule has 0 amide bonds. The van der Waals surface area contributed by atoms with Crippen LogP contribution < -0.4 is 0 Å². The zero-order valence-electron chi connectivity index (χ0n) is 11.3. The standard InChI is InChI=1S/C16H20F2O/c1-2-11-6-3-4-8-13(11)15(19)10-12-7-5-9-14(17)16(12)18/h5,7,9,11,13H,2-4,6,8,10H2,1H3. The van der Waals surface area contributed by atoms with Gasteiger partial charge in [0.2, 0.25) is 0 Å². The van der Waals surface area contributed by atoms with Crippen molar-refractivity contribution in [2.24, 2.45) is 11.8 Å². The first-order chi connectivity index (χ1) is 9.13. The van der Waals surface area contributed by atoms with Crippen LogP contribution in [0.25, 0.3) is 0 Å². The van der Waals surface area contributed by atoms with Crippen molar-refractivity contribution >= 4 is 5.78 Å². The highest BCUT2D eigenvalue weighted by molar-refractivity contribution is 5.83. The Bertz CT molecular complexity index is 456. The minimum absolute atomic E-state index is 0.0186. The molecule has 0 spiro atoms. The lowest BCUT2D eigenvalue weighted by Gasteiger charge is -2.29. The third-order valence-corrected chi connectivity index (χ3v) is 4.24. The van der Waals surface area contributed by atoms with Gasteiger partial charge in [-0.15, -0.1) is 0 Å². The average molecular weight is 266 g/mol. The molecule has 2 unspecified atom stereocenters. The van der Waals surface area contributed by atoms with Crippen LogP contribution in [0.5, 0.6) is 0 Å². The van der Waals surface area contributed by atoms with Crippen molar-refractivity contribution in [2.75, 3.05) is 0 Å². The van der Waals surface area contributed by atoms with Gasteiger partial charge in [-0.2, -0.15) is 0 Å². The topological polar surface area (TPSA) is 17.1 Å². The zero-order chi connectivity index (χ0) is 13.8. The molecule has 19 heavy (non-hydrogen) atoms. The van der Waals surface area contributed by atoms with Gasteiger partial charge in [-0.05, 0) is 30.4 Å². The molecular weight excluding hydrogens is 246 g/mol. The van der Waals surface area contributed by atoms with E-state index in [1.165, 1.54) is 18.6 Å². The van der Waals surface area contributed by atoms with Crippen molar-refractivity contribution in [1.29, 1.82) is 0 Å². The van der Waals surface area contributed by atoms with E-state index < -0.39 is 11.6 Å². The number of ketones is 1. The lowest BCUT2D eigenvalue weighted by molar-refractivity contribution is -0.125. The van der Waals surface area contributed by atoms with Crippen LogP contribution >= 0.6 is 0 Å². The minimum atomic E-state index is -0.875. The van der Waals surface area contributed by atoms with Crippen LogP contribution in [0.3, 0.4) is 0 Å². The summed E-state index contributed by atoms with van der Waals surface area (Å²) in [4.78, 5) is 12.3. The summed E-state index contributed by atoms with van der Waals surface area (Å²) in [6.45, 7) is 2.10. The molecule has 1 fully saturated rings. The molecule has 0 heterocycles. The van der Waals surface area contributed by atoms with Gasteiger partial charge in [-0.3, -0.25) is 4.79 Å². The number of carbonyl (C=O) groups excluding carboxylic acids is 1. The van der Waals surface area contributed by atoms with Crippen molar-refractivity contribution in [3.63, 3.8) is 0 Å². The molecule has 1 saturated carbocycles. The number of carbonyl (C=O) groups is 1. The van der Waals surface area contributed by atoms with E-state index in [-0.39, 0.29) is 23.7 Å². The van der Waals surface area contributed by atoms with E-state index in [1.807, 2.05) is 0 Å². The third kappa shape index (κ3) is 3.20. The fourth-order valence-corrected chi connectivity index (χ4v) is 3.12. The van der Waals surface area contributed by atoms with Gasteiger partial charge in [0.15, 0.2) is 11.6 Å². The van der Waals surface area contributed by atoms with Crippen molar-refractivity contribution in [1.82, 2.24) is 0 Å². The molecular formula is C16H20F2O. The molecule has 3 heteroatoms. The second-order valence-electron chi connectivity index (χ2n) is 5.42. The number of benzene rings is 1. The van der Waals surface area contributed by atoms with Gasteiger partial charge >= 0.3 is 0 Å². The normalized spacial score (nSPS) is 23.3. The summed E-state index contributed by atoms with van der Waals surface area (Å²) >= 11 is 0. The van der Waals surface area contributed by atoms with Crippen molar-refractivity contribution in [2.45, 2.75) is 45.4 Å². The highest BCUT2D eigenvalue weighted by Gasteiger charge is 2.29.